The Morgan fingerprint density at radius 3 is 2.77 bits per heavy atom. The maximum atomic E-state index is 14.2. The molecule has 2 unspecified atom stereocenters. The molecule has 3 rings (SSSR count). The van der Waals surface area contributed by atoms with Crippen LogP contribution in [0.1, 0.15) is 35.6 Å². The SMILES string of the molecule is COc1cccc(C(O)c2cc(F)c3c(c2)C(C)C(=O)N3)c1. The Morgan fingerprint density at radius 1 is 1.27 bits per heavy atom. The number of amides is 1. The Hall–Kier alpha value is -2.40. The predicted molar refractivity (Wildman–Crippen MR) is 80.5 cm³/mol. The van der Waals surface area contributed by atoms with Gasteiger partial charge in [0, 0.05) is 0 Å². The molecule has 114 valence electrons. The number of anilines is 1. The van der Waals surface area contributed by atoms with E-state index in [1.807, 2.05) is 0 Å². The molecule has 5 heteroatoms. The van der Waals surface area contributed by atoms with E-state index in [1.54, 1.807) is 44.4 Å². The van der Waals surface area contributed by atoms with Crippen molar-refractivity contribution in [2.45, 2.75) is 18.9 Å². The molecule has 0 aromatic heterocycles. The molecule has 1 aliphatic rings. The molecule has 1 heterocycles. The number of benzene rings is 2. The summed E-state index contributed by atoms with van der Waals surface area (Å²) >= 11 is 0. The Morgan fingerprint density at radius 2 is 2.05 bits per heavy atom. The first-order chi connectivity index (χ1) is 10.5. The van der Waals surface area contributed by atoms with Gasteiger partial charge < -0.3 is 15.2 Å². The third kappa shape index (κ3) is 2.33. The highest BCUT2D eigenvalue weighted by Crippen LogP contribution is 2.37. The van der Waals surface area contributed by atoms with Crippen LogP contribution >= 0.6 is 0 Å². The summed E-state index contributed by atoms with van der Waals surface area (Å²) in [4.78, 5) is 11.7. The first-order valence-corrected chi connectivity index (χ1v) is 6.97. The van der Waals surface area contributed by atoms with E-state index in [-0.39, 0.29) is 11.6 Å². The van der Waals surface area contributed by atoms with Crippen molar-refractivity contribution in [3.63, 3.8) is 0 Å². The minimum atomic E-state index is -0.988. The smallest absolute Gasteiger partial charge is 0.231 e. The van der Waals surface area contributed by atoms with Crippen LogP contribution in [0.2, 0.25) is 0 Å². The fraction of sp³-hybridized carbons (Fsp3) is 0.235. The van der Waals surface area contributed by atoms with Crippen molar-refractivity contribution in [1.82, 2.24) is 0 Å². The standard InChI is InChI=1S/C17H16FNO3/c1-9-13-7-11(8-14(18)15(13)19-17(9)21)16(20)10-4-3-5-12(6-10)22-2/h3-9,16,20H,1-2H3,(H,19,21). The van der Waals surface area contributed by atoms with E-state index in [0.717, 1.165) is 0 Å². The van der Waals surface area contributed by atoms with Gasteiger partial charge in [-0.05, 0) is 47.9 Å². The van der Waals surface area contributed by atoms with E-state index in [1.165, 1.54) is 6.07 Å². The number of fused-ring (bicyclic) bond motifs is 1. The van der Waals surface area contributed by atoms with Crippen LogP contribution in [0.25, 0.3) is 0 Å². The van der Waals surface area contributed by atoms with Crippen LogP contribution in [-0.4, -0.2) is 18.1 Å². The second kappa shape index (κ2) is 5.42. The van der Waals surface area contributed by atoms with Crippen molar-refractivity contribution < 1.29 is 19.0 Å². The lowest BCUT2D eigenvalue weighted by Gasteiger charge is -2.15. The number of halogens is 1. The molecule has 0 fully saturated rings. The van der Waals surface area contributed by atoms with Gasteiger partial charge in [-0.2, -0.15) is 0 Å². The van der Waals surface area contributed by atoms with Crippen molar-refractivity contribution >= 4 is 11.6 Å². The van der Waals surface area contributed by atoms with Gasteiger partial charge in [0.2, 0.25) is 5.91 Å². The lowest BCUT2D eigenvalue weighted by molar-refractivity contribution is -0.116. The van der Waals surface area contributed by atoms with Crippen LogP contribution < -0.4 is 10.1 Å². The van der Waals surface area contributed by atoms with Gasteiger partial charge in [0.25, 0.3) is 0 Å². The Balaban J connectivity index is 2.02. The van der Waals surface area contributed by atoms with Gasteiger partial charge in [0.15, 0.2) is 0 Å². The molecule has 4 nitrogen and oxygen atoms in total. The van der Waals surface area contributed by atoms with Crippen LogP contribution in [0.3, 0.4) is 0 Å². The van der Waals surface area contributed by atoms with Gasteiger partial charge in [0.1, 0.15) is 17.7 Å². The molecule has 2 N–H and O–H groups in total. The molecule has 2 aromatic rings. The Bertz CT molecular complexity index is 745. The molecule has 0 spiro atoms. The molecule has 2 atom stereocenters. The van der Waals surface area contributed by atoms with Gasteiger partial charge >= 0.3 is 0 Å². The number of carbonyl (C=O) groups is 1. The van der Waals surface area contributed by atoms with E-state index < -0.39 is 17.8 Å². The second-order valence-corrected chi connectivity index (χ2v) is 5.36. The van der Waals surface area contributed by atoms with E-state index in [2.05, 4.69) is 5.32 Å². The van der Waals surface area contributed by atoms with Gasteiger partial charge in [-0.25, -0.2) is 4.39 Å². The number of hydrogen-bond acceptors (Lipinski definition) is 3. The summed E-state index contributed by atoms with van der Waals surface area (Å²) in [6, 6.07) is 9.89. The fourth-order valence-electron chi connectivity index (χ4n) is 2.66. The van der Waals surface area contributed by atoms with Gasteiger partial charge in [-0.15, -0.1) is 0 Å². The highest BCUT2D eigenvalue weighted by molar-refractivity contribution is 6.02. The van der Waals surface area contributed by atoms with Crippen molar-refractivity contribution in [3.05, 3.63) is 58.9 Å². The Kier molecular flexibility index (Phi) is 3.58. The third-order valence-corrected chi connectivity index (χ3v) is 3.98. The average Bonchev–Trinajstić information content (AvgIpc) is 2.83. The third-order valence-electron chi connectivity index (χ3n) is 3.98. The van der Waals surface area contributed by atoms with Gasteiger partial charge in [0.05, 0.1) is 18.7 Å². The van der Waals surface area contributed by atoms with Crippen molar-refractivity contribution in [1.29, 1.82) is 0 Å². The maximum Gasteiger partial charge on any atom is 0.231 e. The van der Waals surface area contributed by atoms with Crippen LogP contribution in [0.15, 0.2) is 36.4 Å². The lowest BCUT2D eigenvalue weighted by atomic mass is 9.95. The first kappa shape index (κ1) is 14.5. The number of ether oxygens (including phenoxy) is 1. The summed E-state index contributed by atoms with van der Waals surface area (Å²) < 4.78 is 19.3. The maximum absolute atomic E-state index is 14.2. The number of rotatable bonds is 3. The van der Waals surface area contributed by atoms with Crippen LogP contribution in [-0.2, 0) is 4.79 Å². The molecule has 1 amide bonds. The largest absolute Gasteiger partial charge is 0.497 e. The van der Waals surface area contributed by atoms with E-state index in [4.69, 9.17) is 4.74 Å². The summed E-state index contributed by atoms with van der Waals surface area (Å²) in [7, 11) is 1.54. The van der Waals surface area contributed by atoms with E-state index in [0.29, 0.717) is 22.4 Å². The van der Waals surface area contributed by atoms with Crippen molar-refractivity contribution in [2.75, 3.05) is 12.4 Å². The normalized spacial score (nSPS) is 17.8. The lowest BCUT2D eigenvalue weighted by Crippen LogP contribution is -2.08. The Labute approximate surface area is 127 Å². The summed E-state index contributed by atoms with van der Waals surface area (Å²) in [6.45, 7) is 1.71. The number of nitrogens with one attached hydrogen (secondary N) is 1. The molecule has 22 heavy (non-hydrogen) atoms. The number of aliphatic hydroxyl groups excluding tert-OH is 1. The zero-order valence-corrected chi connectivity index (χ0v) is 12.3. The molecule has 0 radical (unpaired) electrons. The van der Waals surface area contributed by atoms with Crippen LogP contribution in [0.4, 0.5) is 10.1 Å². The summed E-state index contributed by atoms with van der Waals surface area (Å²) in [5.41, 5.74) is 1.79. The number of methoxy groups -OCH3 is 1. The fourth-order valence-corrected chi connectivity index (χ4v) is 2.66. The zero-order valence-electron chi connectivity index (χ0n) is 12.3. The highest BCUT2D eigenvalue weighted by atomic mass is 19.1. The van der Waals surface area contributed by atoms with Crippen LogP contribution in [0, 0.1) is 5.82 Å². The number of carbonyl (C=O) groups excluding carboxylic acids is 1. The van der Waals surface area contributed by atoms with Crippen LogP contribution in [0.5, 0.6) is 5.75 Å². The average molecular weight is 301 g/mol. The predicted octanol–water partition coefficient (Wildman–Crippen LogP) is 2.97. The van der Waals surface area contributed by atoms with Gasteiger partial charge in [-0.1, -0.05) is 12.1 Å². The van der Waals surface area contributed by atoms with Crippen molar-refractivity contribution in [3.8, 4) is 5.75 Å². The summed E-state index contributed by atoms with van der Waals surface area (Å²) in [5.74, 6) is -0.584. The zero-order chi connectivity index (χ0) is 15.9. The summed E-state index contributed by atoms with van der Waals surface area (Å²) in [5, 5.41) is 13.0. The molecule has 2 aromatic carbocycles. The minimum absolute atomic E-state index is 0.207. The quantitative estimate of drug-likeness (QED) is 0.916. The monoisotopic (exact) mass is 301 g/mol. The van der Waals surface area contributed by atoms with Crippen molar-refractivity contribution in [2.24, 2.45) is 0 Å². The summed E-state index contributed by atoms with van der Waals surface area (Å²) in [6.07, 6.45) is -0.988. The van der Waals surface area contributed by atoms with E-state index in [9.17, 15) is 14.3 Å². The minimum Gasteiger partial charge on any atom is -0.497 e. The number of hydrogen-bond donors (Lipinski definition) is 2. The topological polar surface area (TPSA) is 58.6 Å². The molecular formula is C17H16FNO3. The first-order valence-electron chi connectivity index (χ1n) is 6.97. The van der Waals surface area contributed by atoms with Gasteiger partial charge in [-0.3, -0.25) is 4.79 Å². The molecule has 0 bridgehead atoms. The molecule has 1 aliphatic heterocycles. The van der Waals surface area contributed by atoms with E-state index >= 15 is 0 Å². The molecule has 0 aliphatic carbocycles. The second-order valence-electron chi connectivity index (χ2n) is 5.36. The molecular weight excluding hydrogens is 285 g/mol. The number of aliphatic hydroxyl groups is 1. The molecule has 0 saturated heterocycles. The highest BCUT2D eigenvalue weighted by Gasteiger charge is 2.30. The molecule has 0 saturated carbocycles.